The van der Waals surface area contributed by atoms with Crippen LogP contribution < -0.4 is 19.7 Å². The number of anilines is 2. The summed E-state index contributed by atoms with van der Waals surface area (Å²) in [5.41, 5.74) is 11.1. The van der Waals surface area contributed by atoms with Crippen molar-refractivity contribution in [1.82, 2.24) is 0 Å². The first-order valence-electron chi connectivity index (χ1n) is 16.6. The molecule has 236 valence electrons. The van der Waals surface area contributed by atoms with E-state index in [9.17, 15) is 9.59 Å². The van der Waals surface area contributed by atoms with Gasteiger partial charge < -0.3 is 19.7 Å². The van der Waals surface area contributed by atoms with Crippen molar-refractivity contribution in [3.05, 3.63) is 118 Å². The van der Waals surface area contributed by atoms with Gasteiger partial charge in [-0.2, -0.15) is 0 Å². The summed E-state index contributed by atoms with van der Waals surface area (Å²) in [5.74, 6) is 3.75. The van der Waals surface area contributed by atoms with E-state index >= 15 is 0 Å². The van der Waals surface area contributed by atoms with E-state index in [1.807, 2.05) is 11.0 Å². The second-order valence-corrected chi connectivity index (χ2v) is 13.1. The molecule has 0 spiro atoms. The van der Waals surface area contributed by atoms with Crippen molar-refractivity contribution in [3.8, 4) is 11.5 Å². The number of carbonyl (C=O) groups excluding carboxylic acids is 2. The van der Waals surface area contributed by atoms with E-state index in [1.54, 1.807) is 14.2 Å². The van der Waals surface area contributed by atoms with Crippen LogP contribution in [0.25, 0.3) is 0 Å². The van der Waals surface area contributed by atoms with Crippen LogP contribution in [0.2, 0.25) is 0 Å². The topological polar surface area (TPSA) is 67.9 Å². The minimum atomic E-state index is 0.232. The smallest absolute Gasteiger partial charge is 0.228 e. The Labute approximate surface area is 271 Å². The van der Waals surface area contributed by atoms with Crippen molar-refractivity contribution < 1.29 is 19.1 Å². The average Bonchev–Trinajstić information content (AvgIpc) is 3.68. The van der Waals surface area contributed by atoms with Crippen LogP contribution in [0.1, 0.15) is 56.6 Å². The Kier molecular flexibility index (Phi) is 8.53. The SMILES string of the molecule is COc1cccc2c1CC(Cc1ccc(N3CCC3=O)cc1)C2.COc1cccc2c1CC(Cc1ccc3c(c1)C(=O)CCN3)C2. The van der Waals surface area contributed by atoms with E-state index in [2.05, 4.69) is 78.1 Å². The van der Waals surface area contributed by atoms with Crippen LogP contribution in [0.15, 0.2) is 78.9 Å². The van der Waals surface area contributed by atoms with Gasteiger partial charge in [0, 0.05) is 42.9 Å². The number of β-lactam (4-membered cyclic amide) rings is 1. The Morgan fingerprint density at radius 3 is 1.89 bits per heavy atom. The molecule has 2 aliphatic heterocycles. The van der Waals surface area contributed by atoms with Gasteiger partial charge in [-0.15, -0.1) is 0 Å². The van der Waals surface area contributed by atoms with Gasteiger partial charge in [-0.05, 0) is 120 Å². The van der Waals surface area contributed by atoms with Gasteiger partial charge in [0.25, 0.3) is 0 Å². The lowest BCUT2D eigenvalue weighted by atomic mass is 9.93. The molecule has 0 saturated carbocycles. The molecule has 1 N–H and O–H groups in total. The molecule has 0 bridgehead atoms. The third kappa shape index (κ3) is 6.13. The Hall–Kier alpha value is -4.58. The summed E-state index contributed by atoms with van der Waals surface area (Å²) in [6.07, 6.45) is 7.74. The van der Waals surface area contributed by atoms with E-state index in [-0.39, 0.29) is 11.7 Å². The van der Waals surface area contributed by atoms with Crippen molar-refractivity contribution in [1.29, 1.82) is 0 Å². The number of ether oxygens (including phenoxy) is 2. The van der Waals surface area contributed by atoms with E-state index < -0.39 is 0 Å². The number of amides is 1. The molecule has 1 saturated heterocycles. The largest absolute Gasteiger partial charge is 0.496 e. The summed E-state index contributed by atoms with van der Waals surface area (Å²) in [6, 6.07) is 27.5. The van der Waals surface area contributed by atoms with Crippen LogP contribution in [0.4, 0.5) is 11.4 Å². The lowest BCUT2D eigenvalue weighted by molar-refractivity contribution is -0.122. The second kappa shape index (κ2) is 13.0. The lowest BCUT2D eigenvalue weighted by Gasteiger charge is -2.30. The molecule has 8 rings (SSSR count). The minimum Gasteiger partial charge on any atom is -0.496 e. The normalized spacial score (nSPS) is 19.2. The number of carbonyl (C=O) groups is 2. The number of ketones is 1. The number of nitrogens with zero attached hydrogens (tertiary/aromatic N) is 1. The van der Waals surface area contributed by atoms with Gasteiger partial charge in [0.2, 0.25) is 5.91 Å². The Bertz CT molecular complexity index is 1760. The molecule has 4 aromatic rings. The molecular formula is C40H42N2O4. The first-order chi connectivity index (χ1) is 22.5. The fraction of sp³-hybridized carbons (Fsp3) is 0.350. The quantitative estimate of drug-likeness (QED) is 0.226. The van der Waals surface area contributed by atoms with Crippen LogP contribution in [-0.4, -0.2) is 39.0 Å². The van der Waals surface area contributed by atoms with Crippen LogP contribution >= 0.6 is 0 Å². The van der Waals surface area contributed by atoms with Crippen LogP contribution in [0, 0.1) is 11.8 Å². The number of nitrogens with one attached hydrogen (secondary N) is 1. The molecule has 2 atom stereocenters. The molecule has 4 aliphatic rings. The van der Waals surface area contributed by atoms with E-state index in [0.717, 1.165) is 80.1 Å². The highest BCUT2D eigenvalue weighted by Gasteiger charge is 2.27. The fourth-order valence-corrected chi connectivity index (χ4v) is 7.70. The van der Waals surface area contributed by atoms with E-state index in [0.29, 0.717) is 24.7 Å². The number of hydrogen-bond acceptors (Lipinski definition) is 5. The Morgan fingerprint density at radius 2 is 1.33 bits per heavy atom. The van der Waals surface area contributed by atoms with Crippen molar-refractivity contribution in [2.75, 3.05) is 37.5 Å². The summed E-state index contributed by atoms with van der Waals surface area (Å²) in [6.45, 7) is 1.61. The highest BCUT2D eigenvalue weighted by Crippen LogP contribution is 2.37. The minimum absolute atomic E-state index is 0.232. The molecule has 1 amide bonds. The average molecular weight is 615 g/mol. The van der Waals surface area contributed by atoms with Gasteiger partial charge in [0.05, 0.1) is 14.2 Å². The molecule has 0 radical (unpaired) electrons. The molecule has 1 fully saturated rings. The number of benzene rings is 4. The zero-order chi connectivity index (χ0) is 31.6. The van der Waals surface area contributed by atoms with Gasteiger partial charge >= 0.3 is 0 Å². The lowest BCUT2D eigenvalue weighted by Crippen LogP contribution is -2.43. The van der Waals surface area contributed by atoms with Gasteiger partial charge in [0.15, 0.2) is 5.78 Å². The number of Topliss-reactive ketones (excluding diaryl/α,β-unsaturated/α-hetero) is 1. The van der Waals surface area contributed by atoms with Crippen LogP contribution in [-0.2, 0) is 43.3 Å². The third-order valence-electron chi connectivity index (χ3n) is 10.1. The first-order valence-corrected chi connectivity index (χ1v) is 16.6. The Balaban J connectivity index is 0.000000147. The maximum Gasteiger partial charge on any atom is 0.228 e. The molecule has 4 aromatic carbocycles. The molecule has 46 heavy (non-hydrogen) atoms. The summed E-state index contributed by atoms with van der Waals surface area (Å²) in [4.78, 5) is 25.4. The fourth-order valence-electron chi connectivity index (χ4n) is 7.70. The van der Waals surface area contributed by atoms with Crippen LogP contribution in [0.3, 0.4) is 0 Å². The summed E-state index contributed by atoms with van der Waals surface area (Å²) >= 11 is 0. The monoisotopic (exact) mass is 614 g/mol. The summed E-state index contributed by atoms with van der Waals surface area (Å²) < 4.78 is 11.0. The highest BCUT2D eigenvalue weighted by atomic mass is 16.5. The van der Waals surface area contributed by atoms with Crippen molar-refractivity contribution in [2.24, 2.45) is 11.8 Å². The van der Waals surface area contributed by atoms with Crippen LogP contribution in [0.5, 0.6) is 11.5 Å². The maximum atomic E-state index is 12.1. The van der Waals surface area contributed by atoms with Crippen molar-refractivity contribution in [3.63, 3.8) is 0 Å². The molecule has 0 aromatic heterocycles. The predicted octanol–water partition coefficient (Wildman–Crippen LogP) is 7.04. The third-order valence-corrected chi connectivity index (χ3v) is 10.1. The van der Waals surface area contributed by atoms with Crippen molar-refractivity contribution in [2.45, 2.75) is 51.4 Å². The predicted molar refractivity (Wildman–Crippen MR) is 182 cm³/mol. The van der Waals surface area contributed by atoms with E-state index in [4.69, 9.17) is 9.47 Å². The summed E-state index contributed by atoms with van der Waals surface area (Å²) in [5, 5.41) is 3.31. The molecular weight excluding hydrogens is 572 g/mol. The zero-order valence-corrected chi connectivity index (χ0v) is 26.8. The van der Waals surface area contributed by atoms with Gasteiger partial charge in [-0.25, -0.2) is 0 Å². The molecule has 2 aliphatic carbocycles. The molecule has 2 unspecified atom stereocenters. The van der Waals surface area contributed by atoms with Gasteiger partial charge in [0.1, 0.15) is 11.5 Å². The molecule has 2 heterocycles. The molecule has 6 heteroatoms. The zero-order valence-electron chi connectivity index (χ0n) is 26.8. The second-order valence-electron chi connectivity index (χ2n) is 13.1. The number of fused-ring (bicyclic) bond motifs is 3. The number of hydrogen-bond donors (Lipinski definition) is 1. The molecule has 6 nitrogen and oxygen atoms in total. The standard InChI is InChI=1S/2C20H21NO2/c1-23-19-4-2-3-16-12-15(13-18(16)19)11-14-5-7-17(8-6-14)21-10-9-20(21)22;1-23-20-4-2-3-15-10-14(12-16(15)20)9-13-5-6-18-17(11-13)19(22)7-8-21-18/h2-8,15H,9-13H2,1H3;2-6,11,14,21H,7-10,12H2,1H3. The number of rotatable bonds is 7. The highest BCUT2D eigenvalue weighted by molar-refractivity contribution is 6.03. The summed E-state index contributed by atoms with van der Waals surface area (Å²) in [7, 11) is 3.49. The maximum absolute atomic E-state index is 12.1. The number of methoxy groups -OCH3 is 2. The van der Waals surface area contributed by atoms with Crippen molar-refractivity contribution >= 4 is 23.1 Å². The van der Waals surface area contributed by atoms with E-state index in [1.165, 1.54) is 33.4 Å². The first kappa shape index (κ1) is 30.1. The van der Waals surface area contributed by atoms with Gasteiger partial charge in [-0.1, -0.05) is 42.5 Å². The van der Waals surface area contributed by atoms with Gasteiger partial charge in [-0.3, -0.25) is 9.59 Å². The Morgan fingerprint density at radius 1 is 0.717 bits per heavy atom.